The van der Waals surface area contributed by atoms with Crippen molar-refractivity contribution in [2.24, 2.45) is 0 Å². The summed E-state index contributed by atoms with van der Waals surface area (Å²) >= 11 is 3.42. The summed E-state index contributed by atoms with van der Waals surface area (Å²) in [7, 11) is 3.13. The summed E-state index contributed by atoms with van der Waals surface area (Å²) in [5.74, 6) is 0.815. The van der Waals surface area contributed by atoms with Crippen molar-refractivity contribution in [2.75, 3.05) is 30.6 Å². The van der Waals surface area contributed by atoms with E-state index < -0.39 is 6.04 Å². The summed E-state index contributed by atoms with van der Waals surface area (Å²) in [4.78, 5) is 30.2. The third-order valence-corrected chi connectivity index (χ3v) is 5.76. The molecule has 0 radical (unpaired) electrons. The summed E-state index contributed by atoms with van der Waals surface area (Å²) in [5.41, 5.74) is 1.92. The Hall–Kier alpha value is -3.32. The van der Waals surface area contributed by atoms with Crippen LogP contribution in [0.5, 0.6) is 11.5 Å². The molecule has 0 aliphatic carbocycles. The van der Waals surface area contributed by atoms with Gasteiger partial charge < -0.3 is 9.47 Å². The first-order valence-corrected chi connectivity index (χ1v) is 10.5. The van der Waals surface area contributed by atoms with E-state index in [-0.39, 0.29) is 18.4 Å². The zero-order chi connectivity index (χ0) is 22.0. The van der Waals surface area contributed by atoms with Gasteiger partial charge in [0.15, 0.2) is 0 Å². The minimum atomic E-state index is -0.821. The molecule has 2 amide bonds. The van der Waals surface area contributed by atoms with Crippen molar-refractivity contribution in [1.29, 1.82) is 0 Å². The van der Waals surface area contributed by atoms with Crippen molar-refractivity contribution in [3.8, 4) is 11.5 Å². The van der Waals surface area contributed by atoms with Gasteiger partial charge >= 0.3 is 0 Å². The summed E-state index contributed by atoms with van der Waals surface area (Å²) in [6.07, 6.45) is 0. The van der Waals surface area contributed by atoms with Crippen LogP contribution in [0.3, 0.4) is 0 Å². The predicted octanol–water partition coefficient (Wildman–Crippen LogP) is 4.59. The molecule has 1 saturated heterocycles. The van der Waals surface area contributed by atoms with Gasteiger partial charge in [-0.2, -0.15) is 0 Å². The zero-order valence-corrected chi connectivity index (χ0v) is 18.7. The number of hydrogen-bond acceptors (Lipinski definition) is 4. The second kappa shape index (κ2) is 8.81. The molecular weight excluding hydrogens is 460 g/mol. The third kappa shape index (κ3) is 4.01. The molecule has 7 heteroatoms. The van der Waals surface area contributed by atoms with Crippen molar-refractivity contribution >= 4 is 39.1 Å². The normalized spacial score (nSPS) is 16.4. The van der Waals surface area contributed by atoms with Gasteiger partial charge in [0.2, 0.25) is 5.91 Å². The maximum absolute atomic E-state index is 13.8. The summed E-state index contributed by atoms with van der Waals surface area (Å²) in [6.45, 7) is -0.0814. The molecule has 0 bridgehead atoms. The maximum atomic E-state index is 13.8. The van der Waals surface area contributed by atoms with Crippen molar-refractivity contribution in [3.63, 3.8) is 0 Å². The molecule has 6 nitrogen and oxygen atoms in total. The predicted molar refractivity (Wildman–Crippen MR) is 123 cm³/mol. The molecule has 3 aromatic carbocycles. The molecule has 1 aliphatic heterocycles. The number of carbonyl (C=O) groups excluding carboxylic acids is 2. The highest BCUT2D eigenvalue weighted by atomic mass is 79.9. The maximum Gasteiger partial charge on any atom is 0.255 e. The Morgan fingerprint density at radius 1 is 0.871 bits per heavy atom. The Morgan fingerprint density at radius 2 is 1.55 bits per heavy atom. The molecule has 1 heterocycles. The van der Waals surface area contributed by atoms with Gasteiger partial charge in [0.25, 0.3) is 5.91 Å². The number of ether oxygens (including phenoxy) is 2. The van der Waals surface area contributed by atoms with E-state index in [2.05, 4.69) is 15.9 Å². The molecule has 0 unspecified atom stereocenters. The molecule has 0 N–H and O–H groups in total. The molecule has 3 aromatic rings. The lowest BCUT2D eigenvalue weighted by molar-refractivity contribution is -0.128. The van der Waals surface area contributed by atoms with Crippen molar-refractivity contribution in [3.05, 3.63) is 82.8 Å². The number of hydrogen-bond donors (Lipinski definition) is 0. The molecule has 1 aliphatic rings. The molecule has 31 heavy (non-hydrogen) atoms. The first-order chi connectivity index (χ1) is 15.0. The Bertz CT molecular complexity index is 1100. The number of anilines is 2. The molecule has 0 aromatic heterocycles. The minimum Gasteiger partial charge on any atom is -0.497 e. The van der Waals surface area contributed by atoms with E-state index in [0.29, 0.717) is 28.4 Å². The highest BCUT2D eigenvalue weighted by Gasteiger charge is 2.42. The highest BCUT2D eigenvalue weighted by Crippen LogP contribution is 2.38. The van der Waals surface area contributed by atoms with Crippen LogP contribution in [0.15, 0.2) is 77.3 Å². The van der Waals surface area contributed by atoms with Crippen molar-refractivity contribution in [2.45, 2.75) is 6.04 Å². The fourth-order valence-corrected chi connectivity index (χ4v) is 3.98. The van der Waals surface area contributed by atoms with E-state index in [0.717, 1.165) is 4.47 Å². The SMILES string of the molecule is COc1ccc([C@H]2C(=O)N(c3ccccc3OC)CC(=O)N2c2ccc(Br)cc2)cc1. The van der Waals surface area contributed by atoms with E-state index in [1.165, 1.54) is 4.90 Å². The number of methoxy groups -OCH3 is 2. The largest absolute Gasteiger partial charge is 0.497 e. The number of halogens is 1. The van der Waals surface area contributed by atoms with Gasteiger partial charge in [-0.25, -0.2) is 0 Å². The molecule has 1 fully saturated rings. The number of piperazine rings is 1. The van der Waals surface area contributed by atoms with Gasteiger partial charge in [0.1, 0.15) is 24.1 Å². The molecule has 1 atom stereocenters. The quantitative estimate of drug-likeness (QED) is 0.535. The van der Waals surface area contributed by atoms with Crippen LogP contribution in [-0.4, -0.2) is 32.6 Å². The van der Waals surface area contributed by atoms with E-state index in [1.54, 1.807) is 43.4 Å². The average Bonchev–Trinajstić information content (AvgIpc) is 2.81. The minimum absolute atomic E-state index is 0.0814. The first-order valence-electron chi connectivity index (χ1n) is 9.69. The fraction of sp³-hybridized carbons (Fsp3) is 0.167. The third-order valence-electron chi connectivity index (χ3n) is 5.23. The first kappa shape index (κ1) is 20.9. The van der Waals surface area contributed by atoms with Crippen LogP contribution in [0.4, 0.5) is 11.4 Å². The Morgan fingerprint density at radius 3 is 2.19 bits per heavy atom. The number of amides is 2. The molecule has 0 spiro atoms. The van der Waals surface area contributed by atoms with Gasteiger partial charge in [0, 0.05) is 10.2 Å². The number of carbonyl (C=O) groups is 2. The summed E-state index contributed by atoms with van der Waals surface area (Å²) in [6, 6.07) is 20.9. The average molecular weight is 481 g/mol. The Labute approximate surface area is 189 Å². The van der Waals surface area contributed by atoms with Gasteiger partial charge in [-0.05, 0) is 54.1 Å². The highest BCUT2D eigenvalue weighted by molar-refractivity contribution is 9.10. The van der Waals surface area contributed by atoms with E-state index in [4.69, 9.17) is 9.47 Å². The standard InChI is InChI=1S/C24H21BrN2O4/c1-30-19-13-7-16(8-14-19)23-24(29)26(20-5-3-4-6-21(20)31-2)15-22(28)27(23)18-11-9-17(25)10-12-18/h3-14,23H,15H2,1-2H3/t23-/m0/s1. The van der Waals surface area contributed by atoms with Gasteiger partial charge in [-0.1, -0.05) is 40.2 Å². The van der Waals surface area contributed by atoms with Crippen LogP contribution in [-0.2, 0) is 9.59 Å². The van der Waals surface area contributed by atoms with Crippen LogP contribution < -0.4 is 19.3 Å². The lowest BCUT2D eigenvalue weighted by Gasteiger charge is -2.40. The number of rotatable bonds is 5. The fourth-order valence-electron chi connectivity index (χ4n) is 3.72. The number of benzene rings is 3. The summed E-state index contributed by atoms with van der Waals surface area (Å²) < 4.78 is 11.6. The zero-order valence-electron chi connectivity index (χ0n) is 17.1. The topological polar surface area (TPSA) is 59.1 Å². The van der Waals surface area contributed by atoms with Crippen LogP contribution in [0.2, 0.25) is 0 Å². The monoisotopic (exact) mass is 480 g/mol. The number of nitrogens with zero attached hydrogens (tertiary/aromatic N) is 2. The van der Waals surface area contributed by atoms with Crippen LogP contribution >= 0.6 is 15.9 Å². The van der Waals surface area contributed by atoms with E-state index >= 15 is 0 Å². The van der Waals surface area contributed by atoms with Crippen molar-refractivity contribution in [1.82, 2.24) is 0 Å². The molecular formula is C24H21BrN2O4. The molecule has 158 valence electrons. The molecule has 4 rings (SSSR count). The lowest BCUT2D eigenvalue weighted by Crippen LogP contribution is -2.56. The summed E-state index contributed by atoms with van der Waals surface area (Å²) in [5, 5.41) is 0. The van der Waals surface area contributed by atoms with Crippen LogP contribution in [0.1, 0.15) is 11.6 Å². The van der Waals surface area contributed by atoms with Crippen LogP contribution in [0, 0.1) is 0 Å². The second-order valence-electron chi connectivity index (χ2n) is 7.01. The number of para-hydroxylation sites is 2. The van der Waals surface area contributed by atoms with Crippen LogP contribution in [0.25, 0.3) is 0 Å². The van der Waals surface area contributed by atoms with Gasteiger partial charge in [-0.15, -0.1) is 0 Å². The van der Waals surface area contributed by atoms with E-state index in [1.807, 2.05) is 48.5 Å². The van der Waals surface area contributed by atoms with Gasteiger partial charge in [-0.3, -0.25) is 19.4 Å². The smallest absolute Gasteiger partial charge is 0.255 e. The lowest BCUT2D eigenvalue weighted by atomic mass is 9.99. The Balaban J connectivity index is 1.82. The van der Waals surface area contributed by atoms with Crippen molar-refractivity contribution < 1.29 is 19.1 Å². The van der Waals surface area contributed by atoms with Gasteiger partial charge in [0.05, 0.1) is 19.9 Å². The Kier molecular flexibility index (Phi) is 5.95. The second-order valence-corrected chi connectivity index (χ2v) is 7.93. The molecule has 0 saturated carbocycles. The van der Waals surface area contributed by atoms with E-state index in [9.17, 15) is 9.59 Å².